The minimum Gasteiger partial charge on any atom is -0.402 e. The zero-order valence-electron chi connectivity index (χ0n) is 14.1. The van der Waals surface area contributed by atoms with Gasteiger partial charge in [-0.05, 0) is 48.9 Å². The van der Waals surface area contributed by atoms with Crippen molar-refractivity contribution in [2.24, 2.45) is 4.99 Å². The van der Waals surface area contributed by atoms with E-state index >= 15 is 0 Å². The summed E-state index contributed by atoms with van der Waals surface area (Å²) in [7, 11) is 0. The highest BCUT2D eigenvalue weighted by Crippen LogP contribution is 2.24. The van der Waals surface area contributed by atoms with Crippen LogP contribution in [-0.2, 0) is 14.3 Å². The molecule has 0 spiro atoms. The van der Waals surface area contributed by atoms with E-state index in [2.05, 4.69) is 4.99 Å². The van der Waals surface area contributed by atoms with Gasteiger partial charge < -0.3 is 9.64 Å². The number of hydrogen-bond acceptors (Lipinski definition) is 4. The number of aliphatic imine (C=N–C) groups is 1. The lowest BCUT2D eigenvalue weighted by Gasteiger charge is -2.15. The van der Waals surface area contributed by atoms with Gasteiger partial charge in [0.25, 0.3) is 0 Å². The van der Waals surface area contributed by atoms with Crippen LogP contribution in [0.3, 0.4) is 0 Å². The van der Waals surface area contributed by atoms with E-state index in [1.165, 1.54) is 12.1 Å². The van der Waals surface area contributed by atoms with Crippen LogP contribution >= 0.6 is 0 Å². The van der Waals surface area contributed by atoms with Gasteiger partial charge in [0.2, 0.25) is 11.8 Å². The molecule has 2 aliphatic rings. The monoisotopic (exact) mass is 368 g/mol. The molecule has 5 nitrogen and oxygen atoms in total. The van der Waals surface area contributed by atoms with E-state index in [4.69, 9.17) is 4.74 Å². The third-order valence-corrected chi connectivity index (χ3v) is 4.37. The molecule has 0 radical (unpaired) electrons. The van der Waals surface area contributed by atoms with Gasteiger partial charge in [0.1, 0.15) is 11.6 Å². The summed E-state index contributed by atoms with van der Waals surface area (Å²) in [6.45, 7) is 0.685. The number of benzene rings is 2. The second-order valence-corrected chi connectivity index (χ2v) is 6.20. The first kappa shape index (κ1) is 17.1. The highest BCUT2D eigenvalue weighted by Gasteiger charge is 2.26. The fraction of sp³-hybridized carbons (Fsp3) is 0.150. The Hall–Kier alpha value is -3.35. The van der Waals surface area contributed by atoms with E-state index in [-0.39, 0.29) is 23.1 Å². The minimum atomic E-state index is -0.793. The van der Waals surface area contributed by atoms with Crippen molar-refractivity contribution in [3.05, 3.63) is 70.9 Å². The molecule has 1 fully saturated rings. The van der Waals surface area contributed by atoms with Gasteiger partial charge in [-0.2, -0.15) is 0 Å². The third-order valence-electron chi connectivity index (χ3n) is 4.37. The summed E-state index contributed by atoms with van der Waals surface area (Å²) in [6, 6.07) is 9.98. The Morgan fingerprint density at radius 1 is 1.07 bits per heavy atom. The van der Waals surface area contributed by atoms with Crippen molar-refractivity contribution in [1.82, 2.24) is 0 Å². The molecular weight excluding hydrogens is 354 g/mol. The topological polar surface area (TPSA) is 59.0 Å². The SMILES string of the molecule is O=C1OC(c2ccc(N3CCCC3=O)cc2)=N/C1=C\c1ccc(F)cc1F. The van der Waals surface area contributed by atoms with E-state index in [9.17, 15) is 18.4 Å². The summed E-state index contributed by atoms with van der Waals surface area (Å²) in [6.07, 6.45) is 2.58. The molecule has 0 atom stereocenters. The number of rotatable bonds is 3. The normalized spacial score (nSPS) is 18.2. The summed E-state index contributed by atoms with van der Waals surface area (Å²) < 4.78 is 31.9. The average Bonchev–Trinajstić information content (AvgIpc) is 3.23. The lowest BCUT2D eigenvalue weighted by atomic mass is 10.1. The van der Waals surface area contributed by atoms with Crippen molar-refractivity contribution in [2.75, 3.05) is 11.4 Å². The first-order valence-corrected chi connectivity index (χ1v) is 8.40. The lowest BCUT2D eigenvalue weighted by Crippen LogP contribution is -2.23. The maximum absolute atomic E-state index is 13.8. The number of carbonyl (C=O) groups is 2. The fourth-order valence-corrected chi connectivity index (χ4v) is 3.00. The molecule has 27 heavy (non-hydrogen) atoms. The molecule has 4 rings (SSSR count). The number of hydrogen-bond donors (Lipinski definition) is 0. The number of ether oxygens (including phenoxy) is 1. The second-order valence-electron chi connectivity index (χ2n) is 6.20. The summed E-state index contributed by atoms with van der Waals surface area (Å²) in [4.78, 5) is 29.6. The lowest BCUT2D eigenvalue weighted by molar-refractivity contribution is -0.130. The van der Waals surface area contributed by atoms with Crippen molar-refractivity contribution < 1.29 is 23.1 Å². The van der Waals surface area contributed by atoms with E-state index in [0.717, 1.165) is 24.2 Å². The van der Waals surface area contributed by atoms with Gasteiger partial charge in [-0.1, -0.05) is 0 Å². The molecule has 1 amide bonds. The maximum Gasteiger partial charge on any atom is 0.363 e. The highest BCUT2D eigenvalue weighted by atomic mass is 19.1. The van der Waals surface area contributed by atoms with Gasteiger partial charge in [0.05, 0.1) is 0 Å². The minimum absolute atomic E-state index is 0.0382. The molecule has 0 aliphatic carbocycles. The van der Waals surface area contributed by atoms with Crippen LogP contribution in [0.15, 0.2) is 53.2 Å². The number of halogens is 2. The Kier molecular flexibility index (Phi) is 4.27. The number of cyclic esters (lactones) is 1. The molecule has 0 bridgehead atoms. The Morgan fingerprint density at radius 2 is 1.85 bits per heavy atom. The first-order chi connectivity index (χ1) is 13.0. The third kappa shape index (κ3) is 3.36. The Balaban J connectivity index is 1.59. The summed E-state index contributed by atoms with van der Waals surface area (Å²) in [5, 5.41) is 0. The van der Waals surface area contributed by atoms with Crippen molar-refractivity contribution >= 4 is 29.5 Å². The van der Waals surface area contributed by atoms with E-state index in [1.54, 1.807) is 29.2 Å². The number of esters is 1. The molecule has 7 heteroatoms. The molecule has 2 aliphatic heterocycles. The molecule has 0 N–H and O–H groups in total. The number of amides is 1. The predicted molar refractivity (Wildman–Crippen MR) is 95.0 cm³/mol. The number of carbonyl (C=O) groups excluding carboxylic acids is 2. The molecule has 2 aromatic carbocycles. The smallest absolute Gasteiger partial charge is 0.363 e. The van der Waals surface area contributed by atoms with Crippen molar-refractivity contribution in [1.29, 1.82) is 0 Å². The Labute approximate surface area is 153 Å². The van der Waals surface area contributed by atoms with Crippen molar-refractivity contribution in [3.63, 3.8) is 0 Å². The van der Waals surface area contributed by atoms with Gasteiger partial charge >= 0.3 is 5.97 Å². The number of anilines is 1. The van der Waals surface area contributed by atoms with E-state index in [1.807, 2.05) is 0 Å². The Morgan fingerprint density at radius 3 is 2.52 bits per heavy atom. The second kappa shape index (κ2) is 6.75. The Bertz CT molecular complexity index is 997. The van der Waals surface area contributed by atoms with Crippen molar-refractivity contribution in [3.8, 4) is 0 Å². The van der Waals surface area contributed by atoms with Crippen molar-refractivity contribution in [2.45, 2.75) is 12.8 Å². The van der Waals surface area contributed by atoms with Gasteiger partial charge in [-0.15, -0.1) is 0 Å². The first-order valence-electron chi connectivity index (χ1n) is 8.40. The summed E-state index contributed by atoms with van der Waals surface area (Å²) >= 11 is 0. The standard InChI is InChI=1S/C20H14F2N2O3/c21-14-6-3-13(16(22)11-14)10-17-20(26)27-19(23-17)12-4-7-15(8-5-12)24-9-1-2-18(24)25/h3-8,10-11H,1-2,9H2/b17-10-. The molecule has 136 valence electrons. The zero-order chi connectivity index (χ0) is 19.0. The molecule has 0 saturated carbocycles. The van der Waals surface area contributed by atoms with Crippen LogP contribution in [-0.4, -0.2) is 24.3 Å². The van der Waals surface area contributed by atoms with Crippen LogP contribution in [0.4, 0.5) is 14.5 Å². The van der Waals surface area contributed by atoms with E-state index < -0.39 is 17.6 Å². The molecule has 1 saturated heterocycles. The van der Waals surface area contributed by atoms with Crippen LogP contribution in [0.5, 0.6) is 0 Å². The van der Waals surface area contributed by atoms with Gasteiger partial charge in [-0.25, -0.2) is 18.6 Å². The van der Waals surface area contributed by atoms with Gasteiger partial charge in [-0.3, -0.25) is 4.79 Å². The van der Waals surface area contributed by atoms with Crippen LogP contribution in [0.25, 0.3) is 6.08 Å². The summed E-state index contributed by atoms with van der Waals surface area (Å²) in [5.41, 5.74) is 1.29. The molecule has 2 aromatic rings. The molecule has 2 heterocycles. The fourth-order valence-electron chi connectivity index (χ4n) is 3.00. The van der Waals surface area contributed by atoms with Gasteiger partial charge in [0, 0.05) is 35.8 Å². The van der Waals surface area contributed by atoms with Gasteiger partial charge in [0.15, 0.2) is 5.70 Å². The summed E-state index contributed by atoms with van der Waals surface area (Å²) in [5.74, 6) is -2.04. The van der Waals surface area contributed by atoms with Crippen LogP contribution in [0.2, 0.25) is 0 Å². The molecule has 0 aromatic heterocycles. The maximum atomic E-state index is 13.8. The highest BCUT2D eigenvalue weighted by molar-refractivity contribution is 6.13. The quantitative estimate of drug-likeness (QED) is 0.616. The predicted octanol–water partition coefficient (Wildman–Crippen LogP) is 3.44. The van der Waals surface area contributed by atoms with Crippen LogP contribution in [0.1, 0.15) is 24.0 Å². The van der Waals surface area contributed by atoms with Crippen LogP contribution in [0, 0.1) is 11.6 Å². The van der Waals surface area contributed by atoms with Crippen LogP contribution < -0.4 is 4.90 Å². The van der Waals surface area contributed by atoms with E-state index in [0.29, 0.717) is 18.5 Å². The largest absolute Gasteiger partial charge is 0.402 e. The number of nitrogens with zero attached hydrogens (tertiary/aromatic N) is 2. The zero-order valence-corrected chi connectivity index (χ0v) is 14.1. The average molecular weight is 368 g/mol. The molecule has 0 unspecified atom stereocenters. The molecular formula is C20H14F2N2O3.